The number of H-pyrrole nitrogens is 1. The van der Waals surface area contributed by atoms with Crippen molar-refractivity contribution in [3.8, 4) is 0 Å². The summed E-state index contributed by atoms with van der Waals surface area (Å²) in [5.74, 6) is -0.402. The van der Waals surface area contributed by atoms with Crippen LogP contribution in [0.1, 0.15) is 47.7 Å². The van der Waals surface area contributed by atoms with Gasteiger partial charge in [0.2, 0.25) is 0 Å². The van der Waals surface area contributed by atoms with Gasteiger partial charge in [-0.25, -0.2) is 4.79 Å². The van der Waals surface area contributed by atoms with Gasteiger partial charge in [0, 0.05) is 6.42 Å². The molecular formula is C11H15NO3. The van der Waals surface area contributed by atoms with Gasteiger partial charge in [0.25, 0.3) is 0 Å². The number of aromatic amines is 1. The lowest BCUT2D eigenvalue weighted by molar-refractivity contribution is 0.0520. The number of rotatable bonds is 5. The lowest BCUT2D eigenvalue weighted by Crippen LogP contribution is -2.06. The monoisotopic (exact) mass is 209 g/mol. The molecule has 1 rings (SSSR count). The van der Waals surface area contributed by atoms with Crippen LogP contribution in [-0.4, -0.2) is 23.3 Å². The molecule has 4 nitrogen and oxygen atoms in total. The SMILES string of the molecule is CCCC(=O)c1ccc(C(=O)OCC)[nH]1. The Morgan fingerprint density at radius 1 is 1.27 bits per heavy atom. The molecular weight excluding hydrogens is 194 g/mol. The molecule has 1 N–H and O–H groups in total. The van der Waals surface area contributed by atoms with Crippen LogP contribution in [0, 0.1) is 0 Å². The van der Waals surface area contributed by atoms with Gasteiger partial charge in [-0.15, -0.1) is 0 Å². The zero-order chi connectivity index (χ0) is 11.3. The molecule has 0 aliphatic rings. The molecule has 1 aromatic heterocycles. The second kappa shape index (κ2) is 5.34. The van der Waals surface area contributed by atoms with Gasteiger partial charge in [0.1, 0.15) is 5.69 Å². The minimum Gasteiger partial charge on any atom is -0.461 e. The maximum Gasteiger partial charge on any atom is 0.354 e. The number of Topliss-reactive ketones (excluding diaryl/α,β-unsaturated/α-hetero) is 1. The molecule has 0 aliphatic heterocycles. The Balaban J connectivity index is 2.71. The number of ether oxygens (including phenoxy) is 1. The van der Waals surface area contributed by atoms with E-state index in [0.717, 1.165) is 6.42 Å². The molecule has 0 radical (unpaired) electrons. The Labute approximate surface area is 88.6 Å². The summed E-state index contributed by atoms with van der Waals surface area (Å²) in [4.78, 5) is 25.5. The van der Waals surface area contributed by atoms with E-state index < -0.39 is 5.97 Å². The molecule has 82 valence electrons. The van der Waals surface area contributed by atoms with E-state index in [-0.39, 0.29) is 5.78 Å². The molecule has 0 saturated heterocycles. The van der Waals surface area contributed by atoms with Gasteiger partial charge >= 0.3 is 5.97 Å². The predicted molar refractivity (Wildman–Crippen MR) is 56.0 cm³/mol. The number of nitrogens with one attached hydrogen (secondary N) is 1. The number of carbonyl (C=O) groups excluding carboxylic acids is 2. The number of aromatic nitrogens is 1. The van der Waals surface area contributed by atoms with Crippen molar-refractivity contribution >= 4 is 11.8 Å². The summed E-state index contributed by atoms with van der Waals surface area (Å²) < 4.78 is 4.80. The van der Waals surface area contributed by atoms with Crippen molar-refractivity contribution in [2.24, 2.45) is 0 Å². The topological polar surface area (TPSA) is 59.2 Å². The lowest BCUT2D eigenvalue weighted by atomic mass is 10.2. The number of hydrogen-bond acceptors (Lipinski definition) is 3. The molecule has 0 fully saturated rings. The van der Waals surface area contributed by atoms with Crippen molar-refractivity contribution in [2.75, 3.05) is 6.61 Å². The number of hydrogen-bond donors (Lipinski definition) is 1. The van der Waals surface area contributed by atoms with E-state index in [1.54, 1.807) is 19.1 Å². The van der Waals surface area contributed by atoms with E-state index >= 15 is 0 Å². The maximum absolute atomic E-state index is 11.5. The highest BCUT2D eigenvalue weighted by atomic mass is 16.5. The van der Waals surface area contributed by atoms with E-state index in [9.17, 15) is 9.59 Å². The largest absolute Gasteiger partial charge is 0.461 e. The standard InChI is InChI=1S/C11H15NO3/c1-3-5-10(13)8-6-7-9(12-8)11(14)15-4-2/h6-7,12H,3-5H2,1-2H3. The van der Waals surface area contributed by atoms with Crippen molar-refractivity contribution < 1.29 is 14.3 Å². The van der Waals surface area contributed by atoms with Crippen LogP contribution < -0.4 is 0 Å². The van der Waals surface area contributed by atoms with Crippen LogP contribution in [0.5, 0.6) is 0 Å². The van der Waals surface area contributed by atoms with Gasteiger partial charge in [-0.2, -0.15) is 0 Å². The van der Waals surface area contributed by atoms with E-state index in [0.29, 0.717) is 24.4 Å². The van der Waals surface area contributed by atoms with E-state index in [1.807, 2.05) is 6.92 Å². The Kier molecular flexibility index (Phi) is 4.09. The molecule has 15 heavy (non-hydrogen) atoms. The summed E-state index contributed by atoms with van der Waals surface area (Å²) in [7, 11) is 0. The zero-order valence-electron chi connectivity index (χ0n) is 9.00. The molecule has 0 aromatic carbocycles. The first kappa shape index (κ1) is 11.5. The lowest BCUT2D eigenvalue weighted by Gasteiger charge is -1.98. The summed E-state index contributed by atoms with van der Waals surface area (Å²) in [5.41, 5.74) is 0.802. The van der Waals surface area contributed by atoms with Crippen LogP contribution in [0.3, 0.4) is 0 Å². The van der Waals surface area contributed by atoms with Gasteiger partial charge < -0.3 is 9.72 Å². The third-order valence-electron chi connectivity index (χ3n) is 1.96. The first-order valence-electron chi connectivity index (χ1n) is 5.08. The first-order chi connectivity index (χ1) is 7.19. The fourth-order valence-electron chi connectivity index (χ4n) is 1.25. The molecule has 0 amide bonds. The number of esters is 1. The highest BCUT2D eigenvalue weighted by molar-refractivity contribution is 5.96. The molecule has 0 spiro atoms. The fraction of sp³-hybridized carbons (Fsp3) is 0.455. The Morgan fingerprint density at radius 2 is 1.93 bits per heavy atom. The second-order valence-corrected chi connectivity index (χ2v) is 3.18. The van der Waals surface area contributed by atoms with Crippen molar-refractivity contribution in [3.63, 3.8) is 0 Å². The van der Waals surface area contributed by atoms with E-state index in [1.165, 1.54) is 0 Å². The minimum absolute atomic E-state index is 0.0213. The van der Waals surface area contributed by atoms with Gasteiger partial charge in [-0.1, -0.05) is 6.92 Å². The van der Waals surface area contributed by atoms with Gasteiger partial charge in [0.15, 0.2) is 5.78 Å². The molecule has 0 unspecified atom stereocenters. The van der Waals surface area contributed by atoms with Crippen LogP contribution >= 0.6 is 0 Å². The van der Waals surface area contributed by atoms with Crippen molar-refractivity contribution in [2.45, 2.75) is 26.7 Å². The van der Waals surface area contributed by atoms with Crippen molar-refractivity contribution in [1.82, 2.24) is 4.98 Å². The predicted octanol–water partition coefficient (Wildman–Crippen LogP) is 2.17. The van der Waals surface area contributed by atoms with Gasteiger partial charge in [0.05, 0.1) is 12.3 Å². The van der Waals surface area contributed by atoms with Crippen molar-refractivity contribution in [3.05, 3.63) is 23.5 Å². The first-order valence-corrected chi connectivity index (χ1v) is 5.08. The highest BCUT2D eigenvalue weighted by Gasteiger charge is 2.12. The highest BCUT2D eigenvalue weighted by Crippen LogP contribution is 2.07. The Morgan fingerprint density at radius 3 is 2.53 bits per heavy atom. The van der Waals surface area contributed by atoms with Crippen molar-refractivity contribution in [1.29, 1.82) is 0 Å². The van der Waals surface area contributed by atoms with Crippen LogP contribution in [0.2, 0.25) is 0 Å². The summed E-state index contributed by atoms with van der Waals surface area (Å²) >= 11 is 0. The molecule has 0 atom stereocenters. The smallest absolute Gasteiger partial charge is 0.354 e. The third-order valence-corrected chi connectivity index (χ3v) is 1.96. The fourth-order valence-corrected chi connectivity index (χ4v) is 1.25. The average molecular weight is 209 g/mol. The van der Waals surface area contributed by atoms with Crippen LogP contribution in [0.15, 0.2) is 12.1 Å². The Bertz CT molecular complexity index is 322. The van der Waals surface area contributed by atoms with Crippen LogP contribution in [0.4, 0.5) is 0 Å². The van der Waals surface area contributed by atoms with E-state index in [2.05, 4.69) is 4.98 Å². The normalized spacial score (nSPS) is 10.0. The molecule has 0 bridgehead atoms. The average Bonchev–Trinajstić information content (AvgIpc) is 2.67. The van der Waals surface area contributed by atoms with Crippen LogP contribution in [0.25, 0.3) is 0 Å². The molecule has 4 heteroatoms. The number of ketones is 1. The quantitative estimate of drug-likeness (QED) is 0.597. The maximum atomic E-state index is 11.5. The zero-order valence-corrected chi connectivity index (χ0v) is 9.00. The second-order valence-electron chi connectivity index (χ2n) is 3.18. The van der Waals surface area contributed by atoms with Crippen LogP contribution in [-0.2, 0) is 4.74 Å². The molecule has 1 aromatic rings. The summed E-state index contributed by atoms with van der Waals surface area (Å²) in [6, 6.07) is 3.19. The summed E-state index contributed by atoms with van der Waals surface area (Å²) in [6.07, 6.45) is 1.29. The minimum atomic E-state index is -0.423. The molecule has 0 saturated carbocycles. The van der Waals surface area contributed by atoms with Gasteiger partial charge in [-0.05, 0) is 25.5 Å². The van der Waals surface area contributed by atoms with E-state index in [4.69, 9.17) is 4.74 Å². The molecule has 0 aliphatic carbocycles. The Hall–Kier alpha value is -1.58. The van der Waals surface area contributed by atoms with Gasteiger partial charge in [-0.3, -0.25) is 4.79 Å². The molecule has 1 heterocycles. The summed E-state index contributed by atoms with van der Waals surface area (Å²) in [6.45, 7) is 4.01. The summed E-state index contributed by atoms with van der Waals surface area (Å²) in [5, 5.41) is 0. The third kappa shape index (κ3) is 2.94. The number of carbonyl (C=O) groups is 2.